The lowest BCUT2D eigenvalue weighted by atomic mass is 9.94. The van der Waals surface area contributed by atoms with Crippen molar-refractivity contribution in [1.82, 2.24) is 9.88 Å². The summed E-state index contributed by atoms with van der Waals surface area (Å²) in [5.74, 6) is -1.62. The Kier molecular flexibility index (Phi) is 2.49. The molecule has 120 valence electrons. The van der Waals surface area contributed by atoms with E-state index in [9.17, 15) is 9.90 Å². The van der Waals surface area contributed by atoms with Gasteiger partial charge in [0.15, 0.2) is 0 Å². The van der Waals surface area contributed by atoms with Crippen molar-refractivity contribution in [3.05, 3.63) is 65.4 Å². The predicted octanol–water partition coefficient (Wildman–Crippen LogP) is 2.42. The zero-order chi connectivity index (χ0) is 16.5. The Balaban J connectivity index is 1.81. The Labute approximate surface area is 139 Å². The van der Waals surface area contributed by atoms with E-state index < -0.39 is 5.85 Å². The van der Waals surface area contributed by atoms with Gasteiger partial charge in [-0.3, -0.25) is 9.69 Å². The van der Waals surface area contributed by atoms with E-state index >= 15 is 0 Å². The van der Waals surface area contributed by atoms with E-state index in [2.05, 4.69) is 11.1 Å². The molecule has 1 unspecified atom stereocenters. The van der Waals surface area contributed by atoms with Crippen LogP contribution in [0.1, 0.15) is 21.6 Å². The van der Waals surface area contributed by atoms with Gasteiger partial charge in [-0.2, -0.15) is 0 Å². The summed E-state index contributed by atoms with van der Waals surface area (Å²) in [5.41, 5.74) is 4.14. The zero-order valence-corrected chi connectivity index (χ0v) is 13.3. The van der Waals surface area contributed by atoms with Gasteiger partial charge in [0.1, 0.15) is 0 Å². The summed E-state index contributed by atoms with van der Waals surface area (Å²) >= 11 is 0. The lowest BCUT2D eigenvalue weighted by Gasteiger charge is -2.51. The summed E-state index contributed by atoms with van der Waals surface area (Å²) in [5, 5.41) is 12.7. The van der Waals surface area contributed by atoms with Crippen LogP contribution in [-0.2, 0) is 12.3 Å². The van der Waals surface area contributed by atoms with Crippen LogP contribution in [0.25, 0.3) is 10.9 Å². The van der Waals surface area contributed by atoms with Crippen LogP contribution in [-0.4, -0.2) is 34.5 Å². The fraction of sp³-hybridized carbons (Fsp3) is 0.211. The van der Waals surface area contributed by atoms with E-state index in [1.165, 1.54) is 0 Å². The van der Waals surface area contributed by atoms with Gasteiger partial charge >= 0.3 is 0 Å². The predicted molar refractivity (Wildman–Crippen MR) is 91.8 cm³/mol. The van der Waals surface area contributed by atoms with Gasteiger partial charge in [-0.15, -0.1) is 0 Å². The Morgan fingerprint density at radius 1 is 1.12 bits per heavy atom. The van der Waals surface area contributed by atoms with Gasteiger partial charge in [0.2, 0.25) is 0 Å². The normalized spacial score (nSPS) is 22.3. The molecule has 5 rings (SSSR count). The maximum atomic E-state index is 13.0. The fourth-order valence-electron chi connectivity index (χ4n) is 4.11. The number of aliphatic hydroxyl groups is 1. The molecular weight excluding hydrogens is 302 g/mol. The second-order valence-electron chi connectivity index (χ2n) is 6.44. The smallest absolute Gasteiger partial charge is 0.265 e. The van der Waals surface area contributed by atoms with Gasteiger partial charge in [-0.1, -0.05) is 30.3 Å². The number of carbonyl (C=O) groups is 1. The van der Waals surface area contributed by atoms with Crippen molar-refractivity contribution >= 4 is 22.5 Å². The maximum Gasteiger partial charge on any atom is 0.265 e. The average Bonchev–Trinajstić information content (AvgIpc) is 3.00. The molecule has 1 aromatic heterocycles. The number of carbonyl (C=O) groups excluding carboxylic acids is 1. The number of aromatic amines is 1. The molecule has 3 heterocycles. The topological polar surface area (TPSA) is 59.6 Å². The summed E-state index contributed by atoms with van der Waals surface area (Å²) in [4.78, 5) is 19.7. The quantitative estimate of drug-likeness (QED) is 0.669. The molecule has 0 aliphatic carbocycles. The van der Waals surface area contributed by atoms with E-state index in [1.54, 1.807) is 9.80 Å². The molecule has 2 N–H and O–H groups in total. The highest BCUT2D eigenvalue weighted by molar-refractivity contribution is 6.03. The molecule has 0 saturated carbocycles. The highest BCUT2D eigenvalue weighted by Crippen LogP contribution is 2.45. The van der Waals surface area contributed by atoms with Crippen LogP contribution in [0.4, 0.5) is 5.69 Å². The second-order valence-corrected chi connectivity index (χ2v) is 6.44. The van der Waals surface area contributed by atoms with E-state index in [0.717, 1.165) is 28.6 Å². The van der Waals surface area contributed by atoms with Crippen molar-refractivity contribution in [2.75, 3.05) is 18.5 Å². The molecule has 0 spiro atoms. The molecule has 5 heteroatoms. The number of anilines is 1. The van der Waals surface area contributed by atoms with Crippen LogP contribution < -0.4 is 4.90 Å². The van der Waals surface area contributed by atoms with Gasteiger partial charge < -0.3 is 15.0 Å². The Hall–Kier alpha value is -2.79. The van der Waals surface area contributed by atoms with Crippen LogP contribution in [0.5, 0.6) is 0 Å². The summed E-state index contributed by atoms with van der Waals surface area (Å²) in [7, 11) is 1.83. The van der Waals surface area contributed by atoms with Gasteiger partial charge in [0.25, 0.3) is 11.8 Å². The summed E-state index contributed by atoms with van der Waals surface area (Å²) in [6, 6.07) is 15.5. The van der Waals surface area contributed by atoms with Crippen LogP contribution in [0.2, 0.25) is 0 Å². The van der Waals surface area contributed by atoms with Gasteiger partial charge in [0, 0.05) is 24.5 Å². The Morgan fingerprint density at radius 2 is 1.88 bits per heavy atom. The minimum Gasteiger partial charge on any atom is -0.353 e. The summed E-state index contributed by atoms with van der Waals surface area (Å²) in [6.45, 7) is 0.489. The lowest BCUT2D eigenvalue weighted by molar-refractivity contribution is -0.105. The molecule has 1 atom stereocenters. The minimum absolute atomic E-state index is 0.129. The van der Waals surface area contributed by atoms with Crippen molar-refractivity contribution in [3.8, 4) is 0 Å². The molecule has 1 amide bonds. The minimum atomic E-state index is -1.49. The van der Waals surface area contributed by atoms with Crippen molar-refractivity contribution in [3.63, 3.8) is 0 Å². The molecule has 0 bridgehead atoms. The number of aromatic nitrogens is 1. The van der Waals surface area contributed by atoms with Crippen molar-refractivity contribution in [1.29, 1.82) is 0 Å². The molecular formula is C19H17N3O2. The first-order valence-corrected chi connectivity index (χ1v) is 8.09. The molecule has 2 aliphatic rings. The Morgan fingerprint density at radius 3 is 2.75 bits per heavy atom. The standard InChI is InChI=1S/C19H17N3O2/c1-21-16-9-5-3-7-14(16)18(23)22-11-10-13-12-6-2-4-8-15(12)20-17(13)19(21,22)24/h2-9,20,24H,10-11H2,1H3. The molecule has 0 radical (unpaired) electrons. The van der Waals surface area contributed by atoms with E-state index in [4.69, 9.17) is 0 Å². The highest BCUT2D eigenvalue weighted by Gasteiger charge is 2.52. The first kappa shape index (κ1) is 13.6. The van der Waals surface area contributed by atoms with Crippen molar-refractivity contribution < 1.29 is 9.90 Å². The number of benzene rings is 2. The highest BCUT2D eigenvalue weighted by atomic mass is 16.3. The molecule has 24 heavy (non-hydrogen) atoms. The van der Waals surface area contributed by atoms with E-state index in [1.807, 2.05) is 49.5 Å². The number of hydrogen-bond acceptors (Lipinski definition) is 3. The largest absolute Gasteiger partial charge is 0.353 e. The molecule has 5 nitrogen and oxygen atoms in total. The van der Waals surface area contributed by atoms with Crippen molar-refractivity contribution in [2.45, 2.75) is 12.3 Å². The van der Waals surface area contributed by atoms with Crippen molar-refractivity contribution in [2.24, 2.45) is 0 Å². The number of hydrogen-bond donors (Lipinski definition) is 2. The number of amides is 1. The van der Waals surface area contributed by atoms with E-state index in [-0.39, 0.29) is 5.91 Å². The van der Waals surface area contributed by atoms with Gasteiger partial charge in [-0.25, -0.2) is 0 Å². The molecule has 0 fully saturated rings. The number of rotatable bonds is 0. The van der Waals surface area contributed by atoms with Gasteiger partial charge in [0.05, 0.1) is 16.9 Å². The van der Waals surface area contributed by atoms with Crippen LogP contribution >= 0.6 is 0 Å². The number of nitrogens with zero attached hydrogens (tertiary/aromatic N) is 2. The number of H-pyrrole nitrogens is 1. The SMILES string of the molecule is CN1c2ccccc2C(=O)N2CCc3c([nH]c4ccccc34)C21O. The third kappa shape index (κ3) is 1.45. The lowest BCUT2D eigenvalue weighted by Crippen LogP contribution is -2.64. The average molecular weight is 319 g/mol. The number of fused-ring (bicyclic) bond motifs is 6. The molecule has 2 aliphatic heterocycles. The second kappa shape index (κ2) is 4.39. The third-order valence-corrected chi connectivity index (χ3v) is 5.32. The molecule has 2 aromatic carbocycles. The maximum absolute atomic E-state index is 13.0. The summed E-state index contributed by atoms with van der Waals surface area (Å²) in [6.07, 6.45) is 0.726. The van der Waals surface area contributed by atoms with E-state index in [0.29, 0.717) is 17.8 Å². The fourth-order valence-corrected chi connectivity index (χ4v) is 4.11. The molecule has 0 saturated heterocycles. The Bertz CT molecular complexity index is 993. The monoisotopic (exact) mass is 319 g/mol. The molecule has 3 aromatic rings. The van der Waals surface area contributed by atoms with Gasteiger partial charge in [-0.05, 0) is 30.2 Å². The van der Waals surface area contributed by atoms with Crippen LogP contribution in [0.3, 0.4) is 0 Å². The first-order valence-electron chi connectivity index (χ1n) is 8.09. The third-order valence-electron chi connectivity index (χ3n) is 5.32. The number of para-hydroxylation sites is 2. The van der Waals surface area contributed by atoms with Crippen LogP contribution in [0, 0.1) is 0 Å². The zero-order valence-electron chi connectivity index (χ0n) is 13.3. The number of nitrogens with one attached hydrogen (secondary N) is 1. The summed E-state index contributed by atoms with van der Waals surface area (Å²) < 4.78 is 0. The van der Waals surface area contributed by atoms with Crippen LogP contribution in [0.15, 0.2) is 48.5 Å². The first-order chi connectivity index (χ1) is 11.6.